The first kappa shape index (κ1) is 8.40. The first-order valence-corrected chi connectivity index (χ1v) is 3.95. The number of hydrogen-bond acceptors (Lipinski definition) is 2. The van der Waals surface area contributed by atoms with Gasteiger partial charge in [-0.2, -0.15) is 5.26 Å². The molecule has 48 valence electrons. The van der Waals surface area contributed by atoms with Crippen LogP contribution >= 0.6 is 11.8 Å². The number of nitriles is 1. The van der Waals surface area contributed by atoms with Crippen molar-refractivity contribution in [1.82, 2.24) is 0 Å². The Hall–Kier alpha value is -0.600. The molecule has 0 saturated heterocycles. The van der Waals surface area contributed by atoms with E-state index in [0.29, 0.717) is 6.42 Å². The van der Waals surface area contributed by atoms with E-state index in [1.807, 2.05) is 0 Å². The zero-order valence-electron chi connectivity index (χ0n) is 5.26. The molecule has 2 heteroatoms. The van der Waals surface area contributed by atoms with Crippen LogP contribution in [0.25, 0.3) is 0 Å². The fraction of sp³-hybridized carbons (Fsp3) is 0.571. The van der Waals surface area contributed by atoms with E-state index < -0.39 is 0 Å². The summed E-state index contributed by atoms with van der Waals surface area (Å²) in [5.41, 5.74) is 0. The van der Waals surface area contributed by atoms with E-state index in [9.17, 15) is 0 Å². The van der Waals surface area contributed by atoms with E-state index in [4.69, 9.17) is 11.7 Å². The molecule has 0 saturated carbocycles. The van der Waals surface area contributed by atoms with Gasteiger partial charge in [0.25, 0.3) is 0 Å². The molecule has 0 aromatic carbocycles. The number of thioether (sulfide) groups is 1. The van der Waals surface area contributed by atoms with Crippen LogP contribution in [0.1, 0.15) is 12.8 Å². The first-order chi connectivity index (χ1) is 4.41. The fourth-order valence-corrected chi connectivity index (χ4v) is 0.995. The van der Waals surface area contributed by atoms with Gasteiger partial charge in [-0.1, -0.05) is 5.92 Å². The summed E-state index contributed by atoms with van der Waals surface area (Å²) < 4.78 is 0. The van der Waals surface area contributed by atoms with Crippen LogP contribution in [0.3, 0.4) is 0 Å². The van der Waals surface area contributed by atoms with Gasteiger partial charge in [0.15, 0.2) is 0 Å². The lowest BCUT2D eigenvalue weighted by Crippen LogP contribution is -1.78. The molecule has 0 fully saturated rings. The van der Waals surface area contributed by atoms with E-state index in [-0.39, 0.29) is 0 Å². The van der Waals surface area contributed by atoms with Crippen LogP contribution in [-0.4, -0.2) is 11.5 Å². The summed E-state index contributed by atoms with van der Waals surface area (Å²) in [5.74, 6) is 4.31. The minimum atomic E-state index is 0.650. The van der Waals surface area contributed by atoms with Gasteiger partial charge in [-0.25, -0.2) is 0 Å². The minimum Gasteiger partial charge on any atom is -0.198 e. The van der Waals surface area contributed by atoms with E-state index >= 15 is 0 Å². The summed E-state index contributed by atoms with van der Waals surface area (Å²) in [6.07, 6.45) is 6.62. The molecule has 0 amide bonds. The lowest BCUT2D eigenvalue weighted by atomic mass is 10.4. The third kappa shape index (κ3) is 7.40. The quantitative estimate of drug-likeness (QED) is 0.437. The van der Waals surface area contributed by atoms with E-state index in [1.54, 1.807) is 11.8 Å². The normalized spacial score (nSPS) is 7.78. The molecule has 0 N–H and O–H groups in total. The smallest absolute Gasteiger partial charge is 0.0622 e. The summed E-state index contributed by atoms with van der Waals surface area (Å²) in [7, 11) is 0. The van der Waals surface area contributed by atoms with Crippen LogP contribution in [0.2, 0.25) is 0 Å². The number of hydrogen-bond donors (Lipinski definition) is 0. The highest BCUT2D eigenvalue weighted by molar-refractivity contribution is 7.99. The topological polar surface area (TPSA) is 23.8 Å². The SMILES string of the molecule is C#CCSCCCC#N. The second-order valence-electron chi connectivity index (χ2n) is 1.52. The van der Waals surface area contributed by atoms with Crippen molar-refractivity contribution in [2.45, 2.75) is 12.8 Å². The average molecular weight is 139 g/mol. The minimum absolute atomic E-state index is 0.650. The molecule has 0 atom stereocenters. The molecular formula is C7H9NS. The van der Waals surface area contributed by atoms with Crippen LogP contribution in [0.15, 0.2) is 0 Å². The molecule has 0 aromatic rings. The zero-order chi connectivity index (χ0) is 6.95. The second-order valence-corrected chi connectivity index (χ2v) is 2.62. The number of terminal acetylenes is 1. The summed E-state index contributed by atoms with van der Waals surface area (Å²) in [5, 5.41) is 8.12. The zero-order valence-corrected chi connectivity index (χ0v) is 6.08. The molecule has 0 unspecified atom stereocenters. The molecule has 0 aliphatic rings. The second kappa shape index (κ2) is 7.40. The molecule has 0 radical (unpaired) electrons. The van der Waals surface area contributed by atoms with Crippen molar-refractivity contribution in [2.24, 2.45) is 0 Å². The molecule has 1 nitrogen and oxygen atoms in total. The molecule has 0 aliphatic heterocycles. The lowest BCUT2D eigenvalue weighted by Gasteiger charge is -1.89. The maximum Gasteiger partial charge on any atom is 0.0622 e. The van der Waals surface area contributed by atoms with Gasteiger partial charge in [-0.3, -0.25) is 0 Å². The Kier molecular flexibility index (Phi) is 6.91. The standard InChI is InChI=1S/C7H9NS/c1-2-6-9-7-4-3-5-8/h1H,3-4,6-7H2. The van der Waals surface area contributed by atoms with Crippen LogP contribution in [0.4, 0.5) is 0 Å². The summed E-state index contributed by atoms with van der Waals surface area (Å²) in [6.45, 7) is 0. The molecule has 0 aromatic heterocycles. The monoisotopic (exact) mass is 139 g/mol. The van der Waals surface area contributed by atoms with Gasteiger partial charge < -0.3 is 0 Å². The Bertz CT molecular complexity index is 113. The Morgan fingerprint density at radius 2 is 2.33 bits per heavy atom. The molecule has 0 aliphatic carbocycles. The predicted molar refractivity (Wildman–Crippen MR) is 41.0 cm³/mol. The van der Waals surface area contributed by atoms with Crippen molar-refractivity contribution in [3.05, 3.63) is 0 Å². The number of nitrogens with zero attached hydrogens (tertiary/aromatic N) is 1. The maximum atomic E-state index is 8.12. The van der Waals surface area contributed by atoms with E-state index in [2.05, 4.69) is 12.0 Å². The maximum absolute atomic E-state index is 8.12. The third-order valence-corrected chi connectivity index (χ3v) is 1.71. The van der Waals surface area contributed by atoms with Gasteiger partial charge in [0.2, 0.25) is 0 Å². The first-order valence-electron chi connectivity index (χ1n) is 2.80. The third-order valence-electron chi connectivity index (χ3n) is 0.763. The van der Waals surface area contributed by atoms with Crippen LogP contribution in [0, 0.1) is 23.7 Å². The van der Waals surface area contributed by atoms with Gasteiger partial charge in [0, 0.05) is 6.42 Å². The molecule has 0 bridgehead atoms. The molecule has 0 rings (SSSR count). The van der Waals surface area contributed by atoms with Gasteiger partial charge in [0.05, 0.1) is 11.8 Å². The summed E-state index contributed by atoms with van der Waals surface area (Å²) in [6, 6.07) is 2.08. The highest BCUT2D eigenvalue weighted by Gasteiger charge is 1.84. The highest BCUT2D eigenvalue weighted by Crippen LogP contribution is 2.01. The van der Waals surface area contributed by atoms with Gasteiger partial charge in [0.1, 0.15) is 0 Å². The molecule has 9 heavy (non-hydrogen) atoms. The Morgan fingerprint density at radius 1 is 1.56 bits per heavy atom. The fourth-order valence-electron chi connectivity index (χ4n) is 0.384. The predicted octanol–water partition coefficient (Wildman–Crippen LogP) is 1.66. The lowest BCUT2D eigenvalue weighted by molar-refractivity contribution is 0.982. The summed E-state index contributed by atoms with van der Waals surface area (Å²) in [4.78, 5) is 0. The van der Waals surface area contributed by atoms with Crippen molar-refractivity contribution in [3.8, 4) is 18.4 Å². The molecule has 0 heterocycles. The van der Waals surface area contributed by atoms with E-state index in [0.717, 1.165) is 17.9 Å². The van der Waals surface area contributed by atoms with Crippen molar-refractivity contribution in [1.29, 1.82) is 5.26 Å². The van der Waals surface area contributed by atoms with Crippen molar-refractivity contribution < 1.29 is 0 Å². The van der Waals surface area contributed by atoms with Gasteiger partial charge in [-0.15, -0.1) is 18.2 Å². The van der Waals surface area contributed by atoms with Gasteiger partial charge >= 0.3 is 0 Å². The van der Waals surface area contributed by atoms with Crippen molar-refractivity contribution >= 4 is 11.8 Å². The number of unbranched alkanes of at least 4 members (excludes halogenated alkanes) is 1. The average Bonchev–Trinajstić information content (AvgIpc) is 1.89. The van der Waals surface area contributed by atoms with Gasteiger partial charge in [-0.05, 0) is 12.2 Å². The van der Waals surface area contributed by atoms with Crippen LogP contribution in [-0.2, 0) is 0 Å². The van der Waals surface area contributed by atoms with Crippen molar-refractivity contribution in [2.75, 3.05) is 11.5 Å². The van der Waals surface area contributed by atoms with Crippen molar-refractivity contribution in [3.63, 3.8) is 0 Å². The van der Waals surface area contributed by atoms with E-state index in [1.165, 1.54) is 0 Å². The Balaban J connectivity index is 2.79. The molecular weight excluding hydrogens is 130 g/mol. The Morgan fingerprint density at radius 3 is 2.89 bits per heavy atom. The van der Waals surface area contributed by atoms with Crippen LogP contribution < -0.4 is 0 Å². The molecule has 0 spiro atoms. The van der Waals surface area contributed by atoms with Crippen LogP contribution in [0.5, 0.6) is 0 Å². The Labute approximate surface area is 60.4 Å². The largest absolute Gasteiger partial charge is 0.198 e. The number of rotatable bonds is 4. The summed E-state index contributed by atoms with van der Waals surface area (Å²) >= 11 is 1.71. The highest BCUT2D eigenvalue weighted by atomic mass is 32.2.